The summed E-state index contributed by atoms with van der Waals surface area (Å²) in [5.41, 5.74) is 6.10. The number of β-amino-alcohol motifs (C(OH)–C–C–N with tert-alkyl or cyclic N) is 1. The molecule has 5 nitrogen and oxygen atoms in total. The predicted molar refractivity (Wildman–Crippen MR) is 121 cm³/mol. The van der Waals surface area contributed by atoms with E-state index < -0.39 is 12.1 Å². The molecule has 1 amide bonds. The van der Waals surface area contributed by atoms with Gasteiger partial charge in [0.2, 0.25) is 5.95 Å². The Morgan fingerprint density at radius 3 is 2.53 bits per heavy atom. The number of fused-ring (bicyclic) bond motifs is 2. The van der Waals surface area contributed by atoms with E-state index in [0.29, 0.717) is 25.2 Å². The highest BCUT2D eigenvalue weighted by atomic mass is 19.1. The molecule has 164 valence electrons. The van der Waals surface area contributed by atoms with Crippen molar-refractivity contribution >= 4 is 5.91 Å². The number of nitrogens with zero attached hydrogens (tertiary/aromatic N) is 3. The van der Waals surface area contributed by atoms with Crippen LogP contribution in [0.5, 0.6) is 0 Å². The van der Waals surface area contributed by atoms with E-state index in [4.69, 9.17) is 0 Å². The number of aliphatic hydroxyl groups excluding tert-OH is 1. The van der Waals surface area contributed by atoms with Gasteiger partial charge in [-0.15, -0.1) is 0 Å². The molecule has 1 aromatic heterocycles. The first-order chi connectivity index (χ1) is 15.6. The zero-order chi connectivity index (χ0) is 22.1. The van der Waals surface area contributed by atoms with Crippen LogP contribution in [0.25, 0.3) is 11.1 Å². The molecule has 5 rings (SSSR count). The Morgan fingerprint density at radius 2 is 1.72 bits per heavy atom. The van der Waals surface area contributed by atoms with Crippen LogP contribution in [0, 0.1) is 5.95 Å². The Bertz CT molecular complexity index is 1130. The van der Waals surface area contributed by atoms with Gasteiger partial charge in [0.1, 0.15) is 0 Å². The van der Waals surface area contributed by atoms with Crippen molar-refractivity contribution in [1.29, 1.82) is 0 Å². The Hall–Kier alpha value is -3.09. The predicted octanol–water partition coefficient (Wildman–Crippen LogP) is 3.31. The summed E-state index contributed by atoms with van der Waals surface area (Å²) in [6, 6.07) is 17.2. The summed E-state index contributed by atoms with van der Waals surface area (Å²) in [4.78, 5) is 20.8. The highest BCUT2D eigenvalue weighted by Crippen LogP contribution is 2.26. The van der Waals surface area contributed by atoms with Crippen LogP contribution in [-0.4, -0.2) is 58.1 Å². The molecule has 2 aliphatic rings. The van der Waals surface area contributed by atoms with Crippen LogP contribution in [0.3, 0.4) is 0 Å². The van der Waals surface area contributed by atoms with Crippen molar-refractivity contribution in [2.75, 3.05) is 26.2 Å². The van der Waals surface area contributed by atoms with E-state index in [9.17, 15) is 14.3 Å². The summed E-state index contributed by atoms with van der Waals surface area (Å²) in [5, 5.41) is 10.7. The lowest BCUT2D eigenvalue weighted by Crippen LogP contribution is -2.46. The van der Waals surface area contributed by atoms with Crippen molar-refractivity contribution in [3.05, 3.63) is 89.0 Å². The number of halogens is 1. The SMILES string of the molecule is O=C1c2ccc(-c3ccc(F)nc3)cc2CCN1CC(O)CN1CCc2ccccc2C1. The molecule has 6 heteroatoms. The van der Waals surface area contributed by atoms with E-state index in [0.717, 1.165) is 42.6 Å². The Balaban J connectivity index is 1.22. The fraction of sp³-hybridized carbons (Fsp3) is 0.308. The number of carbonyl (C=O) groups excluding carboxylic acids is 1. The standard InChI is InChI=1S/C26H26FN3O2/c27-25-8-6-21(14-28-25)19-5-7-24-20(13-19)10-12-30(26(24)32)17-23(31)16-29-11-9-18-3-1-2-4-22(18)15-29/h1-8,13-14,23,31H,9-12,15-17H2. The zero-order valence-corrected chi connectivity index (χ0v) is 17.9. The molecule has 0 saturated carbocycles. The molecule has 1 atom stereocenters. The Morgan fingerprint density at radius 1 is 0.938 bits per heavy atom. The number of aromatic nitrogens is 1. The monoisotopic (exact) mass is 431 g/mol. The summed E-state index contributed by atoms with van der Waals surface area (Å²) in [5.74, 6) is -0.553. The summed E-state index contributed by atoms with van der Waals surface area (Å²) in [7, 11) is 0. The third-order valence-corrected chi connectivity index (χ3v) is 6.44. The molecule has 1 unspecified atom stereocenters. The van der Waals surface area contributed by atoms with Crippen LogP contribution in [0.4, 0.5) is 4.39 Å². The fourth-order valence-electron chi connectivity index (χ4n) is 4.76. The molecule has 0 aliphatic carbocycles. The zero-order valence-electron chi connectivity index (χ0n) is 17.9. The second-order valence-electron chi connectivity index (χ2n) is 8.65. The highest BCUT2D eigenvalue weighted by Gasteiger charge is 2.27. The number of aliphatic hydroxyl groups is 1. The van der Waals surface area contributed by atoms with Gasteiger partial charge in [0, 0.05) is 50.0 Å². The first-order valence-electron chi connectivity index (χ1n) is 11.1. The lowest BCUT2D eigenvalue weighted by molar-refractivity contribution is 0.0493. The van der Waals surface area contributed by atoms with Crippen molar-refractivity contribution in [2.24, 2.45) is 0 Å². The minimum Gasteiger partial charge on any atom is -0.390 e. The quantitative estimate of drug-likeness (QED) is 0.630. The van der Waals surface area contributed by atoms with Gasteiger partial charge in [-0.2, -0.15) is 4.39 Å². The van der Waals surface area contributed by atoms with Crippen molar-refractivity contribution < 1.29 is 14.3 Å². The van der Waals surface area contributed by atoms with Gasteiger partial charge in [-0.3, -0.25) is 9.69 Å². The van der Waals surface area contributed by atoms with E-state index in [1.54, 1.807) is 11.0 Å². The largest absolute Gasteiger partial charge is 0.390 e. The molecular formula is C26H26FN3O2. The van der Waals surface area contributed by atoms with Crippen molar-refractivity contribution in [2.45, 2.75) is 25.5 Å². The first kappa shape index (κ1) is 20.8. The maximum atomic E-state index is 13.1. The normalized spacial score (nSPS) is 17.1. The van der Waals surface area contributed by atoms with Crippen LogP contribution in [0.1, 0.15) is 27.0 Å². The Kier molecular flexibility index (Phi) is 5.72. The average molecular weight is 432 g/mol. The topological polar surface area (TPSA) is 56.7 Å². The van der Waals surface area contributed by atoms with Crippen LogP contribution in [-0.2, 0) is 19.4 Å². The molecule has 0 saturated heterocycles. The number of rotatable bonds is 5. The van der Waals surface area contributed by atoms with Gasteiger partial charge in [0.25, 0.3) is 5.91 Å². The van der Waals surface area contributed by atoms with Gasteiger partial charge in [0.15, 0.2) is 0 Å². The smallest absolute Gasteiger partial charge is 0.254 e. The third kappa shape index (κ3) is 4.29. The van der Waals surface area contributed by atoms with Crippen LogP contribution < -0.4 is 0 Å². The van der Waals surface area contributed by atoms with Gasteiger partial charge >= 0.3 is 0 Å². The minimum atomic E-state index is -0.588. The number of benzene rings is 2. The number of pyridine rings is 1. The maximum absolute atomic E-state index is 13.1. The van der Waals surface area contributed by atoms with Crippen LogP contribution >= 0.6 is 0 Å². The molecule has 3 aromatic rings. The Labute approximate surface area is 187 Å². The van der Waals surface area contributed by atoms with Gasteiger partial charge in [-0.25, -0.2) is 4.98 Å². The lowest BCUT2D eigenvalue weighted by Gasteiger charge is -2.34. The first-order valence-corrected chi connectivity index (χ1v) is 11.1. The number of hydrogen-bond acceptors (Lipinski definition) is 4. The van der Waals surface area contributed by atoms with Gasteiger partial charge in [0.05, 0.1) is 6.10 Å². The molecule has 2 aromatic carbocycles. The summed E-state index contributed by atoms with van der Waals surface area (Å²) in [6.45, 7) is 3.23. The molecule has 3 heterocycles. The molecule has 0 bridgehead atoms. The second kappa shape index (κ2) is 8.81. The molecule has 0 radical (unpaired) electrons. The second-order valence-corrected chi connectivity index (χ2v) is 8.65. The lowest BCUT2D eigenvalue weighted by atomic mass is 9.94. The molecule has 32 heavy (non-hydrogen) atoms. The number of carbonyl (C=O) groups is 1. The summed E-state index contributed by atoms with van der Waals surface area (Å²) < 4.78 is 13.1. The van der Waals surface area contributed by atoms with Crippen LogP contribution in [0.15, 0.2) is 60.8 Å². The molecule has 0 spiro atoms. The van der Waals surface area contributed by atoms with Gasteiger partial charge < -0.3 is 10.0 Å². The molecule has 1 N–H and O–H groups in total. The molecule has 0 fully saturated rings. The van der Waals surface area contributed by atoms with Crippen LogP contribution in [0.2, 0.25) is 0 Å². The van der Waals surface area contributed by atoms with Crippen molar-refractivity contribution in [3.63, 3.8) is 0 Å². The fourth-order valence-corrected chi connectivity index (χ4v) is 4.76. The summed E-state index contributed by atoms with van der Waals surface area (Å²) >= 11 is 0. The molecular weight excluding hydrogens is 405 g/mol. The van der Waals surface area contributed by atoms with E-state index >= 15 is 0 Å². The van der Waals surface area contributed by atoms with E-state index in [1.165, 1.54) is 23.4 Å². The maximum Gasteiger partial charge on any atom is 0.254 e. The summed E-state index contributed by atoms with van der Waals surface area (Å²) in [6.07, 6.45) is 2.64. The number of amides is 1. The number of hydrogen-bond donors (Lipinski definition) is 1. The van der Waals surface area contributed by atoms with E-state index in [2.05, 4.69) is 34.1 Å². The average Bonchev–Trinajstić information content (AvgIpc) is 2.81. The third-order valence-electron chi connectivity index (χ3n) is 6.44. The van der Waals surface area contributed by atoms with Crippen molar-refractivity contribution in [3.8, 4) is 11.1 Å². The van der Waals surface area contributed by atoms with E-state index in [-0.39, 0.29) is 5.91 Å². The van der Waals surface area contributed by atoms with Gasteiger partial charge in [-0.05, 0) is 53.3 Å². The molecule has 2 aliphatic heterocycles. The minimum absolute atomic E-state index is 0.0435. The highest BCUT2D eigenvalue weighted by molar-refractivity contribution is 5.97. The van der Waals surface area contributed by atoms with Gasteiger partial charge in [-0.1, -0.05) is 36.4 Å². The van der Waals surface area contributed by atoms with E-state index in [1.807, 2.05) is 18.2 Å². The van der Waals surface area contributed by atoms with Crippen molar-refractivity contribution in [1.82, 2.24) is 14.8 Å².